The molecule has 20 heavy (non-hydrogen) atoms. The van der Waals surface area contributed by atoms with Gasteiger partial charge in [-0.3, -0.25) is 9.59 Å². The van der Waals surface area contributed by atoms with Crippen LogP contribution in [0.3, 0.4) is 0 Å². The Morgan fingerprint density at radius 3 is 2.60 bits per heavy atom. The molecule has 1 aromatic carbocycles. The first-order valence-electron chi connectivity index (χ1n) is 6.38. The van der Waals surface area contributed by atoms with Crippen LogP contribution in [-0.2, 0) is 9.59 Å². The van der Waals surface area contributed by atoms with Gasteiger partial charge in [-0.1, -0.05) is 0 Å². The highest BCUT2D eigenvalue weighted by atomic mass is 19.1. The van der Waals surface area contributed by atoms with Crippen molar-refractivity contribution in [2.45, 2.75) is 26.4 Å². The number of amides is 1. The lowest BCUT2D eigenvalue weighted by Crippen LogP contribution is -2.17. The van der Waals surface area contributed by atoms with Gasteiger partial charge in [0.25, 0.3) is 0 Å². The van der Waals surface area contributed by atoms with Crippen LogP contribution in [0.1, 0.15) is 20.3 Å². The number of carbonyl (C=O) groups excluding carboxylic acids is 1. The van der Waals surface area contributed by atoms with Crippen LogP contribution in [-0.4, -0.2) is 23.1 Å². The standard InChI is InChI=1S/C14H16FNO4/c1-7(2)20-8-3-4-12(11(15)5-8)16-13(17)9-6-10(9)14(18)19/h3-5,7,9-10H,6H2,1-2H3,(H,16,17)(H,18,19). The van der Waals surface area contributed by atoms with Crippen LogP contribution in [0.2, 0.25) is 0 Å². The number of ether oxygens (including phenoxy) is 1. The number of hydrogen-bond donors (Lipinski definition) is 2. The molecule has 1 amide bonds. The zero-order valence-electron chi connectivity index (χ0n) is 11.2. The van der Waals surface area contributed by atoms with E-state index in [1.807, 2.05) is 13.8 Å². The number of halogens is 1. The van der Waals surface area contributed by atoms with Gasteiger partial charge in [0.2, 0.25) is 5.91 Å². The fourth-order valence-corrected chi connectivity index (χ4v) is 1.93. The third-order valence-electron chi connectivity index (χ3n) is 3.01. The number of nitrogens with one attached hydrogen (secondary N) is 1. The Balaban J connectivity index is 2.00. The molecule has 0 saturated heterocycles. The van der Waals surface area contributed by atoms with Gasteiger partial charge in [0, 0.05) is 6.07 Å². The number of benzene rings is 1. The average molecular weight is 281 g/mol. The van der Waals surface area contributed by atoms with E-state index in [0.717, 1.165) is 0 Å². The van der Waals surface area contributed by atoms with Gasteiger partial charge in [0.1, 0.15) is 11.6 Å². The number of aliphatic carboxylic acids is 1. The maximum Gasteiger partial charge on any atom is 0.307 e. The highest BCUT2D eigenvalue weighted by Gasteiger charge is 2.48. The summed E-state index contributed by atoms with van der Waals surface area (Å²) in [6, 6.07) is 4.15. The van der Waals surface area contributed by atoms with Crippen LogP contribution < -0.4 is 10.1 Å². The minimum Gasteiger partial charge on any atom is -0.491 e. The van der Waals surface area contributed by atoms with Crippen molar-refractivity contribution in [3.8, 4) is 5.75 Å². The molecule has 0 bridgehead atoms. The molecule has 1 aliphatic rings. The summed E-state index contributed by atoms with van der Waals surface area (Å²) in [5.74, 6) is -2.91. The molecule has 2 unspecified atom stereocenters. The van der Waals surface area contributed by atoms with Gasteiger partial charge in [0.05, 0.1) is 23.6 Å². The van der Waals surface area contributed by atoms with E-state index in [1.165, 1.54) is 12.1 Å². The van der Waals surface area contributed by atoms with E-state index in [1.54, 1.807) is 6.07 Å². The molecule has 0 aromatic heterocycles. The predicted octanol–water partition coefficient (Wildman–Crippen LogP) is 2.27. The Kier molecular flexibility index (Phi) is 3.92. The van der Waals surface area contributed by atoms with Gasteiger partial charge in [-0.2, -0.15) is 0 Å². The molecule has 108 valence electrons. The van der Waals surface area contributed by atoms with E-state index in [2.05, 4.69) is 5.32 Å². The molecule has 2 atom stereocenters. The van der Waals surface area contributed by atoms with Crippen LogP contribution in [0.15, 0.2) is 18.2 Å². The molecule has 0 heterocycles. The molecule has 0 radical (unpaired) electrons. The van der Waals surface area contributed by atoms with Gasteiger partial charge < -0.3 is 15.2 Å². The zero-order valence-corrected chi connectivity index (χ0v) is 11.2. The lowest BCUT2D eigenvalue weighted by molar-refractivity contribution is -0.139. The summed E-state index contributed by atoms with van der Waals surface area (Å²) in [7, 11) is 0. The van der Waals surface area contributed by atoms with E-state index in [4.69, 9.17) is 9.84 Å². The first kappa shape index (κ1) is 14.3. The van der Waals surface area contributed by atoms with Gasteiger partial charge >= 0.3 is 5.97 Å². The third-order valence-corrected chi connectivity index (χ3v) is 3.01. The molecular formula is C14H16FNO4. The molecule has 1 saturated carbocycles. The topological polar surface area (TPSA) is 75.6 Å². The Labute approximate surface area is 115 Å². The summed E-state index contributed by atoms with van der Waals surface area (Å²) >= 11 is 0. The van der Waals surface area contributed by atoms with Crippen molar-refractivity contribution in [1.82, 2.24) is 0 Å². The molecule has 5 nitrogen and oxygen atoms in total. The summed E-state index contributed by atoms with van der Waals surface area (Å²) in [5, 5.41) is 11.1. The van der Waals surface area contributed by atoms with E-state index in [9.17, 15) is 14.0 Å². The maximum absolute atomic E-state index is 13.8. The lowest BCUT2D eigenvalue weighted by atomic mass is 10.2. The van der Waals surface area contributed by atoms with Crippen LogP contribution >= 0.6 is 0 Å². The summed E-state index contributed by atoms with van der Waals surface area (Å²) in [6.45, 7) is 3.65. The summed E-state index contributed by atoms with van der Waals surface area (Å²) in [6.07, 6.45) is 0.231. The third kappa shape index (κ3) is 3.26. The molecule has 2 rings (SSSR count). The summed E-state index contributed by atoms with van der Waals surface area (Å²) in [5.41, 5.74) is 0.0298. The normalized spacial score (nSPS) is 20.6. The number of carboxylic acid groups (broad SMARTS) is 1. The Morgan fingerprint density at radius 2 is 2.10 bits per heavy atom. The van der Waals surface area contributed by atoms with E-state index < -0.39 is 29.5 Å². The molecule has 1 fully saturated rings. The van der Waals surface area contributed by atoms with E-state index in [0.29, 0.717) is 12.2 Å². The minimum absolute atomic E-state index is 0.0298. The Morgan fingerprint density at radius 1 is 1.40 bits per heavy atom. The summed E-state index contributed by atoms with van der Waals surface area (Å²) in [4.78, 5) is 22.4. The van der Waals surface area contributed by atoms with E-state index >= 15 is 0 Å². The van der Waals surface area contributed by atoms with E-state index in [-0.39, 0.29) is 11.8 Å². The largest absolute Gasteiger partial charge is 0.491 e. The van der Waals surface area contributed by atoms with Gasteiger partial charge in [0.15, 0.2) is 0 Å². The van der Waals surface area contributed by atoms with Gasteiger partial charge in [-0.05, 0) is 32.4 Å². The molecule has 0 spiro atoms. The molecule has 1 aromatic rings. The number of carbonyl (C=O) groups is 2. The lowest BCUT2D eigenvalue weighted by Gasteiger charge is -2.11. The van der Waals surface area contributed by atoms with Gasteiger partial charge in [-0.25, -0.2) is 4.39 Å². The smallest absolute Gasteiger partial charge is 0.307 e. The SMILES string of the molecule is CC(C)Oc1ccc(NC(=O)C2CC2C(=O)O)c(F)c1. The molecule has 6 heteroatoms. The van der Waals surface area contributed by atoms with Crippen molar-refractivity contribution < 1.29 is 23.8 Å². The maximum atomic E-state index is 13.8. The monoisotopic (exact) mass is 281 g/mol. The predicted molar refractivity (Wildman–Crippen MR) is 70.0 cm³/mol. The second kappa shape index (κ2) is 5.48. The second-order valence-electron chi connectivity index (χ2n) is 5.08. The fourth-order valence-electron chi connectivity index (χ4n) is 1.93. The number of hydrogen-bond acceptors (Lipinski definition) is 3. The van der Waals surface area contributed by atoms with Crippen molar-refractivity contribution in [1.29, 1.82) is 0 Å². The molecular weight excluding hydrogens is 265 g/mol. The fraction of sp³-hybridized carbons (Fsp3) is 0.429. The Bertz CT molecular complexity index is 544. The Hall–Kier alpha value is -2.11. The number of anilines is 1. The molecule has 0 aliphatic heterocycles. The highest BCUT2D eigenvalue weighted by molar-refractivity contribution is 5.98. The van der Waals surface area contributed by atoms with Crippen LogP contribution in [0.25, 0.3) is 0 Å². The van der Waals surface area contributed by atoms with Crippen molar-refractivity contribution in [2.24, 2.45) is 11.8 Å². The second-order valence-corrected chi connectivity index (χ2v) is 5.08. The van der Waals surface area contributed by atoms with Crippen LogP contribution in [0.5, 0.6) is 5.75 Å². The number of rotatable bonds is 5. The molecule has 2 N–H and O–H groups in total. The quantitative estimate of drug-likeness (QED) is 0.868. The molecule has 1 aliphatic carbocycles. The zero-order chi connectivity index (χ0) is 14.9. The summed E-state index contributed by atoms with van der Waals surface area (Å²) < 4.78 is 19.1. The average Bonchev–Trinajstić information content (AvgIpc) is 3.12. The van der Waals surface area contributed by atoms with Crippen molar-refractivity contribution in [3.63, 3.8) is 0 Å². The number of carboxylic acids is 1. The van der Waals surface area contributed by atoms with Gasteiger partial charge in [-0.15, -0.1) is 0 Å². The van der Waals surface area contributed by atoms with Crippen molar-refractivity contribution >= 4 is 17.6 Å². The highest BCUT2D eigenvalue weighted by Crippen LogP contribution is 2.39. The first-order valence-corrected chi connectivity index (χ1v) is 6.38. The van der Waals surface area contributed by atoms with Crippen molar-refractivity contribution in [3.05, 3.63) is 24.0 Å². The van der Waals surface area contributed by atoms with Crippen LogP contribution in [0, 0.1) is 17.7 Å². The van der Waals surface area contributed by atoms with Crippen LogP contribution in [0.4, 0.5) is 10.1 Å². The first-order chi connectivity index (χ1) is 9.38. The minimum atomic E-state index is -0.994. The van der Waals surface area contributed by atoms with Crippen molar-refractivity contribution in [2.75, 3.05) is 5.32 Å².